The summed E-state index contributed by atoms with van der Waals surface area (Å²) in [6.45, 7) is 2.85. The molecule has 6 heteroatoms. The molecule has 0 fully saturated rings. The SMILES string of the molecule is CCC(=O)N=c1sc2cc(F)ccc2n1CCOC. The smallest absolute Gasteiger partial charge is 0.248 e. The summed E-state index contributed by atoms with van der Waals surface area (Å²) in [6, 6.07) is 4.56. The second-order valence-electron chi connectivity index (χ2n) is 4.00. The summed E-state index contributed by atoms with van der Waals surface area (Å²) in [5.74, 6) is -0.473. The molecule has 0 unspecified atom stereocenters. The average Bonchev–Trinajstić information content (AvgIpc) is 2.72. The molecule has 0 aliphatic heterocycles. The van der Waals surface area contributed by atoms with Crippen LogP contribution in [0.3, 0.4) is 0 Å². The molecule has 4 nitrogen and oxygen atoms in total. The first kappa shape index (κ1) is 13.9. The van der Waals surface area contributed by atoms with Crippen molar-refractivity contribution in [3.63, 3.8) is 0 Å². The minimum absolute atomic E-state index is 0.182. The summed E-state index contributed by atoms with van der Waals surface area (Å²) in [7, 11) is 1.61. The van der Waals surface area contributed by atoms with E-state index in [9.17, 15) is 9.18 Å². The van der Waals surface area contributed by atoms with Crippen LogP contribution in [0.2, 0.25) is 0 Å². The fourth-order valence-corrected chi connectivity index (χ4v) is 2.82. The van der Waals surface area contributed by atoms with Gasteiger partial charge < -0.3 is 9.30 Å². The number of ether oxygens (including phenoxy) is 1. The number of amides is 1. The Bertz CT molecular complexity index is 660. The summed E-state index contributed by atoms with van der Waals surface area (Å²) in [5, 5.41) is 0. The molecule has 0 bridgehead atoms. The zero-order valence-electron chi connectivity index (χ0n) is 10.9. The van der Waals surface area contributed by atoms with Crippen molar-refractivity contribution in [2.75, 3.05) is 13.7 Å². The molecule has 1 amide bonds. The normalized spacial score (nSPS) is 12.3. The van der Waals surface area contributed by atoms with Crippen LogP contribution >= 0.6 is 11.3 Å². The van der Waals surface area contributed by atoms with Crippen LogP contribution in [0.4, 0.5) is 4.39 Å². The lowest BCUT2D eigenvalue weighted by molar-refractivity contribution is -0.117. The fourth-order valence-electron chi connectivity index (χ4n) is 1.72. The van der Waals surface area contributed by atoms with Gasteiger partial charge in [0, 0.05) is 20.1 Å². The highest BCUT2D eigenvalue weighted by Crippen LogP contribution is 2.18. The van der Waals surface area contributed by atoms with Gasteiger partial charge in [0.1, 0.15) is 5.82 Å². The van der Waals surface area contributed by atoms with Crippen molar-refractivity contribution < 1.29 is 13.9 Å². The zero-order valence-corrected chi connectivity index (χ0v) is 11.7. The van der Waals surface area contributed by atoms with Crippen LogP contribution in [0, 0.1) is 5.82 Å². The van der Waals surface area contributed by atoms with Gasteiger partial charge >= 0.3 is 0 Å². The Morgan fingerprint density at radius 2 is 2.32 bits per heavy atom. The van der Waals surface area contributed by atoms with Crippen LogP contribution in [0.1, 0.15) is 13.3 Å². The maximum atomic E-state index is 13.2. The third-order valence-corrected chi connectivity index (χ3v) is 3.73. The van der Waals surface area contributed by atoms with Crippen LogP contribution in [0.25, 0.3) is 10.2 Å². The van der Waals surface area contributed by atoms with Gasteiger partial charge in [-0.1, -0.05) is 18.3 Å². The molecule has 2 aromatic rings. The molecule has 1 aromatic carbocycles. The van der Waals surface area contributed by atoms with E-state index in [1.807, 2.05) is 4.57 Å². The van der Waals surface area contributed by atoms with E-state index in [2.05, 4.69) is 4.99 Å². The topological polar surface area (TPSA) is 43.6 Å². The molecule has 0 saturated heterocycles. The Labute approximate surface area is 114 Å². The van der Waals surface area contributed by atoms with E-state index in [4.69, 9.17) is 4.74 Å². The highest BCUT2D eigenvalue weighted by molar-refractivity contribution is 7.16. The summed E-state index contributed by atoms with van der Waals surface area (Å²) >= 11 is 1.31. The molecule has 0 atom stereocenters. The first-order valence-corrected chi connectivity index (χ1v) is 6.82. The van der Waals surface area contributed by atoms with Gasteiger partial charge in [-0.3, -0.25) is 4.79 Å². The first-order valence-electron chi connectivity index (χ1n) is 6.01. The van der Waals surface area contributed by atoms with Gasteiger partial charge in [0.15, 0.2) is 4.80 Å². The number of carbonyl (C=O) groups is 1. The number of aromatic nitrogens is 1. The third kappa shape index (κ3) is 3.08. The van der Waals surface area contributed by atoms with E-state index in [1.54, 1.807) is 20.1 Å². The van der Waals surface area contributed by atoms with E-state index in [1.165, 1.54) is 23.5 Å². The van der Waals surface area contributed by atoms with E-state index in [-0.39, 0.29) is 11.7 Å². The largest absolute Gasteiger partial charge is 0.383 e. The molecular formula is C13H15FN2O2S. The predicted octanol–water partition coefficient (Wildman–Crippen LogP) is 2.33. The number of methoxy groups -OCH3 is 1. The summed E-state index contributed by atoms with van der Waals surface area (Å²) < 4.78 is 21.0. The molecule has 0 aliphatic carbocycles. The Morgan fingerprint density at radius 1 is 1.53 bits per heavy atom. The highest BCUT2D eigenvalue weighted by Gasteiger charge is 2.08. The number of hydrogen-bond donors (Lipinski definition) is 0. The van der Waals surface area contributed by atoms with Crippen LogP contribution in [-0.2, 0) is 16.1 Å². The number of halogens is 1. The van der Waals surface area contributed by atoms with Crippen molar-refractivity contribution in [2.45, 2.75) is 19.9 Å². The molecule has 1 heterocycles. The number of fused-ring (bicyclic) bond motifs is 1. The van der Waals surface area contributed by atoms with E-state index in [0.29, 0.717) is 24.4 Å². The van der Waals surface area contributed by atoms with Crippen LogP contribution in [-0.4, -0.2) is 24.2 Å². The first-order chi connectivity index (χ1) is 9.15. The Balaban J connectivity index is 2.60. The molecule has 2 rings (SSSR count). The second-order valence-corrected chi connectivity index (χ2v) is 5.01. The maximum Gasteiger partial charge on any atom is 0.248 e. The van der Waals surface area contributed by atoms with Gasteiger partial charge in [-0.2, -0.15) is 4.99 Å². The van der Waals surface area contributed by atoms with Crippen molar-refractivity contribution >= 4 is 27.5 Å². The van der Waals surface area contributed by atoms with Gasteiger partial charge in [-0.15, -0.1) is 0 Å². The summed E-state index contributed by atoms with van der Waals surface area (Å²) in [6.07, 6.45) is 0.354. The number of benzene rings is 1. The van der Waals surface area contributed by atoms with E-state index in [0.717, 1.165) is 10.2 Å². The number of thiazole rings is 1. The standard InChI is InChI=1S/C13H15FN2O2S/c1-3-12(17)15-13-16(6-7-18-2)10-5-4-9(14)8-11(10)19-13/h4-5,8H,3,6-7H2,1-2H3. The van der Waals surface area contributed by atoms with Crippen molar-refractivity contribution in [1.82, 2.24) is 4.57 Å². The van der Waals surface area contributed by atoms with Crippen molar-refractivity contribution in [2.24, 2.45) is 4.99 Å². The third-order valence-electron chi connectivity index (χ3n) is 2.69. The molecule has 0 saturated carbocycles. The zero-order chi connectivity index (χ0) is 13.8. The molecule has 0 spiro atoms. The van der Waals surface area contributed by atoms with E-state index < -0.39 is 0 Å². The van der Waals surface area contributed by atoms with Crippen molar-refractivity contribution in [3.05, 3.63) is 28.8 Å². The van der Waals surface area contributed by atoms with Gasteiger partial charge in [0.2, 0.25) is 5.91 Å². The van der Waals surface area contributed by atoms with Gasteiger partial charge in [0.25, 0.3) is 0 Å². The minimum Gasteiger partial charge on any atom is -0.383 e. The van der Waals surface area contributed by atoms with Crippen LogP contribution in [0.5, 0.6) is 0 Å². The second kappa shape index (κ2) is 6.08. The molecule has 0 N–H and O–H groups in total. The molecule has 19 heavy (non-hydrogen) atoms. The van der Waals surface area contributed by atoms with Gasteiger partial charge in [0.05, 0.1) is 16.8 Å². The predicted molar refractivity (Wildman–Crippen MR) is 72.5 cm³/mol. The summed E-state index contributed by atoms with van der Waals surface area (Å²) in [4.78, 5) is 16.1. The highest BCUT2D eigenvalue weighted by atomic mass is 32.1. The summed E-state index contributed by atoms with van der Waals surface area (Å²) in [5.41, 5.74) is 0.867. The Kier molecular flexibility index (Phi) is 4.44. The molecule has 0 radical (unpaired) electrons. The van der Waals surface area contributed by atoms with Crippen LogP contribution in [0.15, 0.2) is 23.2 Å². The average molecular weight is 282 g/mol. The maximum absolute atomic E-state index is 13.2. The van der Waals surface area contributed by atoms with Gasteiger partial charge in [-0.25, -0.2) is 4.39 Å². The minimum atomic E-state index is -0.291. The fraction of sp³-hybridized carbons (Fsp3) is 0.385. The number of rotatable bonds is 4. The lowest BCUT2D eigenvalue weighted by Crippen LogP contribution is -2.19. The Morgan fingerprint density at radius 3 is 3.00 bits per heavy atom. The molecule has 0 aliphatic rings. The van der Waals surface area contributed by atoms with Crippen molar-refractivity contribution in [3.8, 4) is 0 Å². The number of carbonyl (C=O) groups excluding carboxylic acids is 1. The lowest BCUT2D eigenvalue weighted by atomic mass is 10.3. The number of nitrogens with zero attached hydrogens (tertiary/aromatic N) is 2. The molecular weight excluding hydrogens is 267 g/mol. The van der Waals surface area contributed by atoms with E-state index >= 15 is 0 Å². The Hall–Kier alpha value is -1.53. The molecule has 1 aromatic heterocycles. The quantitative estimate of drug-likeness (QED) is 0.864. The van der Waals surface area contributed by atoms with Crippen molar-refractivity contribution in [1.29, 1.82) is 0 Å². The number of hydrogen-bond acceptors (Lipinski definition) is 3. The van der Waals surface area contributed by atoms with Crippen LogP contribution < -0.4 is 4.80 Å². The molecule has 102 valence electrons. The monoisotopic (exact) mass is 282 g/mol. The lowest BCUT2D eigenvalue weighted by Gasteiger charge is -2.03. The van der Waals surface area contributed by atoms with Gasteiger partial charge in [-0.05, 0) is 18.2 Å².